The van der Waals surface area contributed by atoms with Crippen molar-refractivity contribution in [3.63, 3.8) is 0 Å². The number of carbonyl (C=O) groups is 1. The zero-order valence-corrected chi connectivity index (χ0v) is 21.8. The molecule has 0 amide bonds. The van der Waals surface area contributed by atoms with E-state index in [1.165, 1.54) is 0 Å². The van der Waals surface area contributed by atoms with Gasteiger partial charge in [-0.3, -0.25) is 4.79 Å². The molecular weight excluding hydrogens is 388 g/mol. The first-order chi connectivity index (χ1) is 13.3. The molecule has 0 atom stereocenters. The summed E-state index contributed by atoms with van der Waals surface area (Å²) < 4.78 is 6.10. The van der Waals surface area contributed by atoms with Gasteiger partial charge in [0.1, 0.15) is 8.07 Å². The summed E-state index contributed by atoms with van der Waals surface area (Å²) in [6.45, 7) is 18.5. The molecule has 0 saturated heterocycles. The van der Waals surface area contributed by atoms with Crippen molar-refractivity contribution in [2.24, 2.45) is 0 Å². The van der Waals surface area contributed by atoms with Crippen LogP contribution in [-0.4, -0.2) is 28.8 Å². The van der Waals surface area contributed by atoms with Gasteiger partial charge in [-0.1, -0.05) is 58.7 Å². The molecule has 158 valence electrons. The fourth-order valence-corrected chi connectivity index (χ4v) is 4.15. The number of ketones is 1. The summed E-state index contributed by atoms with van der Waals surface area (Å²) in [5, 5.41) is 0.204. The lowest BCUT2D eigenvalue weighted by molar-refractivity contribution is -0.110. The zero-order chi connectivity index (χ0) is 22.1. The first-order valence-corrected chi connectivity index (χ1v) is 17.2. The summed E-state index contributed by atoms with van der Waals surface area (Å²) in [6.07, 6.45) is 5.63. The predicted molar refractivity (Wildman–Crippen MR) is 130 cm³/mol. The lowest BCUT2D eigenvalue weighted by atomic mass is 10.0. The second-order valence-electron chi connectivity index (χ2n) is 10.3. The highest BCUT2D eigenvalue weighted by molar-refractivity contribution is 6.83. The molecule has 0 N–H and O–H groups in total. The number of carbonyl (C=O) groups excluding carboxylic acids is 1. The molecule has 0 aromatic heterocycles. The monoisotopic (exact) mass is 426 g/mol. The summed E-state index contributed by atoms with van der Waals surface area (Å²) in [6, 6.07) is 0. The molecule has 4 heteroatoms. The van der Waals surface area contributed by atoms with Gasteiger partial charge in [0.25, 0.3) is 0 Å². The van der Waals surface area contributed by atoms with Crippen molar-refractivity contribution in [2.75, 3.05) is 6.61 Å². The number of allylic oxidation sites excluding steroid dienone is 2. The lowest BCUT2D eigenvalue weighted by Gasteiger charge is -2.35. The van der Waals surface area contributed by atoms with Gasteiger partial charge in [0.05, 0.1) is 0 Å². The van der Waals surface area contributed by atoms with Gasteiger partial charge in [-0.05, 0) is 61.6 Å². The molecular formula is C25H38O2Si2. The van der Waals surface area contributed by atoms with Crippen LogP contribution in [0.5, 0.6) is 0 Å². The minimum absolute atomic E-state index is 0.0985. The SMILES string of the molecule is CC(C)(C)[Si](C)(C)OCCC#CC#CC(=O)C1=C(C#C[Si](C)(C)C)CCCCC1. The Balaban J connectivity index is 2.75. The molecule has 0 aromatic carbocycles. The Hall–Kier alpha value is -1.52. The van der Waals surface area contributed by atoms with Crippen molar-refractivity contribution >= 4 is 22.2 Å². The number of hydrogen-bond donors (Lipinski definition) is 0. The van der Waals surface area contributed by atoms with Crippen LogP contribution in [0.4, 0.5) is 0 Å². The van der Waals surface area contributed by atoms with Gasteiger partial charge in [-0.2, -0.15) is 0 Å². The average Bonchev–Trinajstić information content (AvgIpc) is 2.82. The maximum Gasteiger partial charge on any atom is 0.233 e. The summed E-state index contributed by atoms with van der Waals surface area (Å²) >= 11 is 0. The first-order valence-electron chi connectivity index (χ1n) is 10.8. The Labute approximate surface area is 181 Å². The number of hydrogen-bond acceptors (Lipinski definition) is 2. The smallest absolute Gasteiger partial charge is 0.233 e. The summed E-state index contributed by atoms with van der Waals surface area (Å²) in [4.78, 5) is 12.6. The third kappa shape index (κ3) is 9.69. The second-order valence-corrected chi connectivity index (χ2v) is 19.8. The molecule has 0 aromatic rings. The second kappa shape index (κ2) is 11.0. The van der Waals surface area contributed by atoms with Crippen LogP contribution in [0, 0.1) is 35.1 Å². The van der Waals surface area contributed by atoms with Crippen molar-refractivity contribution in [2.45, 2.75) is 97.1 Å². The maximum absolute atomic E-state index is 12.6. The Morgan fingerprint density at radius 2 is 1.66 bits per heavy atom. The van der Waals surface area contributed by atoms with Gasteiger partial charge in [0.2, 0.25) is 5.78 Å². The lowest BCUT2D eigenvalue weighted by Crippen LogP contribution is -2.40. The first kappa shape index (κ1) is 25.5. The van der Waals surface area contributed by atoms with E-state index in [0.29, 0.717) is 13.0 Å². The van der Waals surface area contributed by atoms with Crippen LogP contribution < -0.4 is 0 Å². The van der Waals surface area contributed by atoms with E-state index in [-0.39, 0.29) is 10.8 Å². The molecule has 0 spiro atoms. The molecule has 0 heterocycles. The van der Waals surface area contributed by atoms with E-state index in [1.54, 1.807) is 0 Å². The quantitative estimate of drug-likeness (QED) is 0.234. The van der Waals surface area contributed by atoms with Crippen LogP contribution in [0.15, 0.2) is 11.1 Å². The van der Waals surface area contributed by atoms with E-state index in [4.69, 9.17) is 4.43 Å². The van der Waals surface area contributed by atoms with Gasteiger partial charge in [0.15, 0.2) is 8.32 Å². The highest BCUT2D eigenvalue weighted by Crippen LogP contribution is 2.36. The molecule has 0 fully saturated rings. The van der Waals surface area contributed by atoms with Crippen molar-refractivity contribution < 1.29 is 9.22 Å². The number of Topliss-reactive ketones (excluding diaryl/α,β-unsaturated/α-hetero) is 1. The van der Waals surface area contributed by atoms with Gasteiger partial charge in [0, 0.05) is 24.2 Å². The predicted octanol–water partition coefficient (Wildman–Crippen LogP) is 6.12. The molecule has 1 rings (SSSR count). The van der Waals surface area contributed by atoms with Gasteiger partial charge < -0.3 is 4.43 Å². The van der Waals surface area contributed by atoms with Crippen LogP contribution in [0.3, 0.4) is 0 Å². The number of rotatable bonds is 4. The third-order valence-electron chi connectivity index (χ3n) is 5.40. The molecule has 1 aliphatic carbocycles. The van der Waals surface area contributed by atoms with Gasteiger partial charge in [-0.25, -0.2) is 0 Å². The van der Waals surface area contributed by atoms with Gasteiger partial charge in [-0.15, -0.1) is 5.54 Å². The Morgan fingerprint density at radius 3 is 2.28 bits per heavy atom. The van der Waals surface area contributed by atoms with Crippen LogP contribution in [0.25, 0.3) is 0 Å². The largest absolute Gasteiger partial charge is 0.416 e. The normalized spacial score (nSPS) is 15.2. The van der Waals surface area contributed by atoms with E-state index < -0.39 is 16.4 Å². The Morgan fingerprint density at radius 1 is 1.00 bits per heavy atom. The molecule has 0 aliphatic heterocycles. The topological polar surface area (TPSA) is 26.3 Å². The van der Waals surface area contributed by atoms with E-state index in [2.05, 4.69) is 88.7 Å². The molecule has 0 bridgehead atoms. The summed E-state index contributed by atoms with van der Waals surface area (Å²) in [5.41, 5.74) is 5.25. The minimum atomic E-state index is -1.72. The molecule has 0 unspecified atom stereocenters. The van der Waals surface area contributed by atoms with E-state index in [0.717, 1.165) is 43.3 Å². The highest BCUT2D eigenvalue weighted by atomic mass is 28.4. The van der Waals surface area contributed by atoms with E-state index in [9.17, 15) is 4.79 Å². The van der Waals surface area contributed by atoms with Crippen LogP contribution in [0.1, 0.15) is 59.3 Å². The summed E-state index contributed by atoms with van der Waals surface area (Å²) in [5.74, 6) is 14.5. The van der Waals surface area contributed by atoms with Gasteiger partial charge >= 0.3 is 0 Å². The Bertz CT molecular complexity index is 801. The molecule has 29 heavy (non-hydrogen) atoms. The Kier molecular flexibility index (Phi) is 9.71. The fourth-order valence-electron chi connectivity index (χ4n) is 2.58. The fraction of sp³-hybridized carbons (Fsp3) is 0.640. The average molecular weight is 427 g/mol. The molecule has 0 saturated carbocycles. The minimum Gasteiger partial charge on any atom is -0.416 e. The van der Waals surface area contributed by atoms with Crippen molar-refractivity contribution in [3.05, 3.63) is 11.1 Å². The zero-order valence-electron chi connectivity index (χ0n) is 19.8. The molecule has 0 radical (unpaired) electrons. The summed E-state index contributed by atoms with van der Waals surface area (Å²) in [7, 11) is -3.19. The van der Waals surface area contributed by atoms with Crippen molar-refractivity contribution in [3.8, 4) is 35.1 Å². The maximum atomic E-state index is 12.6. The van der Waals surface area contributed by atoms with E-state index in [1.807, 2.05) is 0 Å². The van der Waals surface area contributed by atoms with Crippen LogP contribution in [-0.2, 0) is 9.22 Å². The van der Waals surface area contributed by atoms with Crippen molar-refractivity contribution in [1.29, 1.82) is 0 Å². The molecule has 2 nitrogen and oxygen atoms in total. The van der Waals surface area contributed by atoms with E-state index >= 15 is 0 Å². The highest BCUT2D eigenvalue weighted by Gasteiger charge is 2.36. The van der Waals surface area contributed by atoms with Crippen molar-refractivity contribution in [1.82, 2.24) is 0 Å². The third-order valence-corrected chi connectivity index (χ3v) is 10.8. The van der Waals surface area contributed by atoms with Crippen LogP contribution >= 0.6 is 0 Å². The molecule has 1 aliphatic rings. The standard InChI is InChI=1S/C25H38O2Si2/c1-25(2,3)29(7,8)27-20-15-10-9-14-18-24(26)23-17-13-11-12-16-22(23)19-21-28(4,5)6/h11-13,15-17,20H2,1-8H3. The van der Waals surface area contributed by atoms with Crippen LogP contribution in [0.2, 0.25) is 37.8 Å².